The predicted molar refractivity (Wildman–Crippen MR) is 94.6 cm³/mol. The number of benzene rings is 2. The highest BCUT2D eigenvalue weighted by Crippen LogP contribution is 2.20. The molecule has 0 spiro atoms. The summed E-state index contributed by atoms with van der Waals surface area (Å²) in [6.45, 7) is 2.36. The minimum atomic E-state index is -3.52. The summed E-state index contributed by atoms with van der Waals surface area (Å²) < 4.78 is 27.5. The molecule has 5 nitrogen and oxygen atoms in total. The summed E-state index contributed by atoms with van der Waals surface area (Å²) in [5.74, 6) is 0.122. The van der Waals surface area contributed by atoms with Gasteiger partial charge in [-0.25, -0.2) is 13.1 Å². The Morgan fingerprint density at radius 1 is 1.22 bits per heavy atom. The number of hydrogen-bond donors (Lipinski definition) is 2. The molecule has 0 atom stereocenters. The monoisotopic (exact) mass is 396 g/mol. The maximum Gasteiger partial charge on any atom is 0.240 e. The van der Waals surface area contributed by atoms with Gasteiger partial charge in [0, 0.05) is 22.8 Å². The molecule has 2 aromatic carbocycles. The lowest BCUT2D eigenvalue weighted by Crippen LogP contribution is -2.26. The fourth-order valence-corrected chi connectivity index (χ4v) is 3.24. The molecule has 2 N–H and O–H groups in total. The highest BCUT2D eigenvalue weighted by molar-refractivity contribution is 9.10. The van der Waals surface area contributed by atoms with Gasteiger partial charge in [0.25, 0.3) is 0 Å². The van der Waals surface area contributed by atoms with Gasteiger partial charge in [0.05, 0.1) is 11.4 Å². The van der Waals surface area contributed by atoms with E-state index in [0.717, 1.165) is 10.0 Å². The smallest absolute Gasteiger partial charge is 0.240 e. The zero-order valence-corrected chi connectivity index (χ0v) is 14.9. The van der Waals surface area contributed by atoms with Crippen LogP contribution in [-0.2, 0) is 10.0 Å². The van der Waals surface area contributed by atoms with Crippen molar-refractivity contribution in [3.05, 3.63) is 58.1 Å². The number of phenols is 1. The van der Waals surface area contributed by atoms with Gasteiger partial charge < -0.3 is 5.11 Å². The number of phenolic OH excluding ortho intramolecular Hbond substituents is 1. The highest BCUT2D eigenvalue weighted by atomic mass is 79.9. The van der Waals surface area contributed by atoms with E-state index in [2.05, 4.69) is 25.6 Å². The molecule has 0 saturated heterocycles. The van der Waals surface area contributed by atoms with Crippen LogP contribution in [0, 0.1) is 6.92 Å². The molecule has 2 aromatic rings. The summed E-state index contributed by atoms with van der Waals surface area (Å²) in [5.41, 5.74) is 1.57. The quantitative estimate of drug-likeness (QED) is 0.581. The molecule has 0 aliphatic carbocycles. The molecule has 0 aliphatic rings. The average Bonchev–Trinajstić information content (AvgIpc) is 2.50. The first-order valence-electron chi connectivity index (χ1n) is 6.93. The van der Waals surface area contributed by atoms with Gasteiger partial charge in [0.15, 0.2) is 0 Å². The first-order valence-corrected chi connectivity index (χ1v) is 9.21. The van der Waals surface area contributed by atoms with Crippen LogP contribution >= 0.6 is 15.9 Å². The van der Waals surface area contributed by atoms with Gasteiger partial charge in [0.2, 0.25) is 10.0 Å². The van der Waals surface area contributed by atoms with Crippen molar-refractivity contribution in [2.75, 3.05) is 13.1 Å². The molecule has 0 amide bonds. The second-order valence-electron chi connectivity index (χ2n) is 4.95. The van der Waals surface area contributed by atoms with Gasteiger partial charge in [0.1, 0.15) is 5.75 Å². The molecular formula is C16H17BrN2O3S. The third-order valence-corrected chi connectivity index (χ3v) is 5.05. The standard InChI is InChI=1S/C16H17BrN2O3S/c1-12-2-5-15(6-3-12)23(21,22)19-9-8-18-11-13-10-14(17)4-7-16(13)20/h2-7,10-11,19-20H,8-9H2,1H3. The molecule has 0 heterocycles. The molecule has 0 aliphatic heterocycles. The van der Waals surface area contributed by atoms with Gasteiger partial charge in [-0.2, -0.15) is 0 Å². The number of halogens is 1. The lowest BCUT2D eigenvalue weighted by atomic mass is 10.2. The van der Waals surface area contributed by atoms with E-state index in [0.29, 0.717) is 5.56 Å². The largest absolute Gasteiger partial charge is 0.507 e. The van der Waals surface area contributed by atoms with Gasteiger partial charge in [-0.15, -0.1) is 0 Å². The van der Waals surface area contributed by atoms with Gasteiger partial charge in [-0.3, -0.25) is 4.99 Å². The van der Waals surface area contributed by atoms with Gasteiger partial charge >= 0.3 is 0 Å². The van der Waals surface area contributed by atoms with Crippen molar-refractivity contribution in [2.24, 2.45) is 4.99 Å². The first-order chi connectivity index (χ1) is 10.9. The van der Waals surface area contributed by atoms with Crippen LogP contribution in [-0.4, -0.2) is 32.8 Å². The third kappa shape index (κ3) is 5.16. The fourth-order valence-electron chi connectivity index (χ4n) is 1.84. The molecule has 0 unspecified atom stereocenters. The molecule has 0 radical (unpaired) electrons. The molecule has 7 heteroatoms. The zero-order valence-electron chi connectivity index (χ0n) is 12.5. The number of aryl methyl sites for hydroxylation is 1. The molecule has 23 heavy (non-hydrogen) atoms. The Kier molecular flexibility index (Phi) is 5.92. The Balaban J connectivity index is 1.90. The van der Waals surface area contributed by atoms with Gasteiger partial charge in [-0.05, 0) is 37.3 Å². The van der Waals surface area contributed by atoms with E-state index in [1.165, 1.54) is 6.21 Å². The van der Waals surface area contributed by atoms with Crippen LogP contribution < -0.4 is 4.72 Å². The number of nitrogens with zero attached hydrogens (tertiary/aromatic N) is 1. The van der Waals surface area contributed by atoms with E-state index < -0.39 is 10.0 Å². The van der Waals surface area contributed by atoms with E-state index in [1.54, 1.807) is 42.5 Å². The summed E-state index contributed by atoms with van der Waals surface area (Å²) in [6, 6.07) is 11.7. The maximum absolute atomic E-state index is 12.1. The average molecular weight is 397 g/mol. The van der Waals surface area contributed by atoms with Crippen molar-refractivity contribution in [2.45, 2.75) is 11.8 Å². The number of sulfonamides is 1. The van der Waals surface area contributed by atoms with E-state index >= 15 is 0 Å². The summed E-state index contributed by atoms with van der Waals surface area (Å²) in [7, 11) is -3.52. The Bertz CT molecular complexity index is 803. The SMILES string of the molecule is Cc1ccc(S(=O)(=O)NCCN=Cc2cc(Br)ccc2O)cc1. The van der Waals surface area contributed by atoms with Crippen LogP contribution in [0.2, 0.25) is 0 Å². The van der Waals surface area contributed by atoms with Crippen LogP contribution in [0.25, 0.3) is 0 Å². The summed E-state index contributed by atoms with van der Waals surface area (Å²) in [5, 5.41) is 9.67. The first kappa shape index (κ1) is 17.7. The van der Waals surface area contributed by atoms with Crippen LogP contribution in [0.1, 0.15) is 11.1 Å². The lowest BCUT2D eigenvalue weighted by Gasteiger charge is -2.05. The number of aliphatic imine (C=N–C) groups is 1. The van der Waals surface area contributed by atoms with Crippen molar-refractivity contribution in [3.8, 4) is 5.75 Å². The van der Waals surface area contributed by atoms with Crippen molar-refractivity contribution >= 4 is 32.2 Å². The number of aromatic hydroxyl groups is 1. The molecular weight excluding hydrogens is 380 g/mol. The van der Waals surface area contributed by atoms with Crippen molar-refractivity contribution in [3.63, 3.8) is 0 Å². The molecule has 2 rings (SSSR count). The Morgan fingerprint density at radius 3 is 2.61 bits per heavy atom. The van der Waals surface area contributed by atoms with Crippen molar-refractivity contribution in [1.29, 1.82) is 0 Å². The van der Waals surface area contributed by atoms with Crippen LogP contribution in [0.15, 0.2) is 56.8 Å². The van der Waals surface area contributed by atoms with Crippen LogP contribution in [0.5, 0.6) is 5.75 Å². The second kappa shape index (κ2) is 7.72. The molecule has 0 aromatic heterocycles. The minimum absolute atomic E-state index is 0.122. The minimum Gasteiger partial charge on any atom is -0.507 e. The third-order valence-electron chi connectivity index (χ3n) is 3.08. The maximum atomic E-state index is 12.1. The van der Waals surface area contributed by atoms with Crippen LogP contribution in [0.4, 0.5) is 0 Å². The highest BCUT2D eigenvalue weighted by Gasteiger charge is 2.12. The van der Waals surface area contributed by atoms with E-state index in [4.69, 9.17) is 0 Å². The molecule has 0 fully saturated rings. The molecule has 0 saturated carbocycles. The summed E-state index contributed by atoms with van der Waals surface area (Å²) in [6.07, 6.45) is 1.51. The summed E-state index contributed by atoms with van der Waals surface area (Å²) >= 11 is 3.31. The summed E-state index contributed by atoms with van der Waals surface area (Å²) in [4.78, 5) is 4.35. The number of hydrogen-bond acceptors (Lipinski definition) is 4. The predicted octanol–water partition coefficient (Wildman–Crippen LogP) is 2.86. The fraction of sp³-hybridized carbons (Fsp3) is 0.188. The zero-order chi connectivity index (χ0) is 16.9. The van der Waals surface area contributed by atoms with E-state index in [9.17, 15) is 13.5 Å². The Labute approximate surface area is 144 Å². The van der Waals surface area contributed by atoms with Crippen LogP contribution in [0.3, 0.4) is 0 Å². The normalized spacial score (nSPS) is 11.9. The number of nitrogens with one attached hydrogen (secondary N) is 1. The van der Waals surface area contributed by atoms with Crippen molar-refractivity contribution in [1.82, 2.24) is 4.72 Å². The van der Waals surface area contributed by atoms with Gasteiger partial charge in [-0.1, -0.05) is 33.6 Å². The lowest BCUT2D eigenvalue weighted by molar-refractivity contribution is 0.474. The second-order valence-corrected chi connectivity index (χ2v) is 7.63. The van der Waals surface area contributed by atoms with E-state index in [-0.39, 0.29) is 23.7 Å². The van der Waals surface area contributed by atoms with E-state index in [1.807, 2.05) is 6.92 Å². The Morgan fingerprint density at radius 2 is 1.91 bits per heavy atom. The topological polar surface area (TPSA) is 78.8 Å². The molecule has 122 valence electrons. The number of rotatable bonds is 6. The van der Waals surface area contributed by atoms with Crippen molar-refractivity contribution < 1.29 is 13.5 Å². The molecule has 0 bridgehead atoms. The Hall–Kier alpha value is -1.70.